The lowest BCUT2D eigenvalue weighted by molar-refractivity contribution is 0.146. The molecule has 1 aromatic heterocycles. The number of hydrogen-bond acceptors (Lipinski definition) is 2. The van der Waals surface area contributed by atoms with E-state index in [1.54, 1.807) is 11.3 Å². The number of aryl methyl sites for hydroxylation is 1. The molecule has 0 bridgehead atoms. The van der Waals surface area contributed by atoms with Gasteiger partial charge in [0.05, 0.1) is 10.7 Å². The molecule has 102 valence electrons. The van der Waals surface area contributed by atoms with Gasteiger partial charge in [-0.2, -0.15) is 0 Å². The summed E-state index contributed by atoms with van der Waals surface area (Å²) in [5.41, 5.74) is 1.74. The molecule has 1 aliphatic carbocycles. The minimum Gasteiger partial charge on any atom is -0.247 e. The van der Waals surface area contributed by atoms with Gasteiger partial charge < -0.3 is 0 Å². The maximum absolute atomic E-state index is 4.62. The molecule has 1 saturated carbocycles. The van der Waals surface area contributed by atoms with Crippen molar-refractivity contribution < 1.29 is 0 Å². The Balaban J connectivity index is 2.02. The molecule has 18 heavy (non-hydrogen) atoms. The molecule has 3 heteroatoms. The first kappa shape index (κ1) is 14.5. The largest absolute Gasteiger partial charge is 0.247 e. The third kappa shape index (κ3) is 3.57. The van der Waals surface area contributed by atoms with Crippen LogP contribution in [0.15, 0.2) is 5.38 Å². The van der Waals surface area contributed by atoms with Crippen LogP contribution < -0.4 is 0 Å². The topological polar surface area (TPSA) is 12.9 Å². The zero-order valence-corrected chi connectivity index (χ0v) is 14.3. The van der Waals surface area contributed by atoms with E-state index in [1.165, 1.54) is 30.0 Å². The molecule has 0 radical (unpaired) electrons. The Morgan fingerprint density at radius 1 is 1.39 bits per heavy atom. The molecule has 0 spiro atoms. The van der Waals surface area contributed by atoms with Gasteiger partial charge in [0.25, 0.3) is 0 Å². The van der Waals surface area contributed by atoms with Crippen LogP contribution in [0.3, 0.4) is 0 Å². The summed E-state index contributed by atoms with van der Waals surface area (Å²) in [6.45, 7) is 9.25. The van der Waals surface area contributed by atoms with E-state index < -0.39 is 0 Å². The fourth-order valence-electron chi connectivity index (χ4n) is 3.00. The summed E-state index contributed by atoms with van der Waals surface area (Å²) in [7, 11) is 0. The highest BCUT2D eigenvalue weighted by molar-refractivity contribution is 9.09. The summed E-state index contributed by atoms with van der Waals surface area (Å²) < 4.78 is 0. The van der Waals surface area contributed by atoms with Gasteiger partial charge in [0, 0.05) is 10.2 Å². The third-order valence-electron chi connectivity index (χ3n) is 4.25. The van der Waals surface area contributed by atoms with Gasteiger partial charge in [0.1, 0.15) is 0 Å². The molecule has 2 rings (SSSR count). The van der Waals surface area contributed by atoms with Gasteiger partial charge in [-0.1, -0.05) is 36.7 Å². The lowest BCUT2D eigenvalue weighted by Crippen LogP contribution is -2.33. The zero-order chi connectivity index (χ0) is 13.3. The Morgan fingerprint density at radius 2 is 2.11 bits per heavy atom. The molecular formula is C15H24BrNS. The van der Waals surface area contributed by atoms with E-state index in [2.05, 4.69) is 54.0 Å². The van der Waals surface area contributed by atoms with Crippen LogP contribution in [0.4, 0.5) is 0 Å². The molecule has 1 aliphatic rings. The number of aromatic nitrogens is 1. The van der Waals surface area contributed by atoms with Crippen molar-refractivity contribution in [3.8, 4) is 0 Å². The number of thiazole rings is 1. The molecule has 0 saturated heterocycles. The fraction of sp³-hybridized carbons (Fsp3) is 0.800. The van der Waals surface area contributed by atoms with Crippen LogP contribution in [0, 0.1) is 24.2 Å². The zero-order valence-electron chi connectivity index (χ0n) is 11.9. The van der Waals surface area contributed by atoms with E-state index in [9.17, 15) is 0 Å². The van der Waals surface area contributed by atoms with Crippen molar-refractivity contribution >= 4 is 27.3 Å². The number of alkyl halides is 1. The average molecular weight is 330 g/mol. The van der Waals surface area contributed by atoms with Crippen LogP contribution in [0.25, 0.3) is 0 Å². The number of halogens is 1. The van der Waals surface area contributed by atoms with Crippen LogP contribution in [0.5, 0.6) is 0 Å². The molecule has 0 amide bonds. The summed E-state index contributed by atoms with van der Waals surface area (Å²) in [6.07, 6.45) is 5.17. The SMILES string of the molecule is Cc1nc(CC2CC(C(C)(C)C)CCC2Br)cs1. The normalized spacial score (nSPS) is 29.5. The van der Waals surface area contributed by atoms with E-state index in [0.717, 1.165) is 18.3 Å². The molecule has 0 N–H and O–H groups in total. The summed E-state index contributed by atoms with van der Waals surface area (Å²) in [5, 5.41) is 3.43. The number of nitrogens with zero attached hydrogens (tertiary/aromatic N) is 1. The van der Waals surface area contributed by atoms with E-state index in [4.69, 9.17) is 0 Å². The first-order valence-electron chi connectivity index (χ1n) is 6.91. The Hall–Kier alpha value is 0.110. The van der Waals surface area contributed by atoms with Crippen LogP contribution in [-0.4, -0.2) is 9.81 Å². The van der Waals surface area contributed by atoms with Crippen molar-refractivity contribution in [2.45, 2.75) is 58.2 Å². The third-order valence-corrected chi connectivity index (χ3v) is 6.28. The molecule has 3 atom stereocenters. The fourth-order valence-corrected chi connectivity index (χ4v) is 4.29. The van der Waals surface area contributed by atoms with Gasteiger partial charge >= 0.3 is 0 Å². The molecule has 1 fully saturated rings. The van der Waals surface area contributed by atoms with Crippen molar-refractivity contribution in [1.29, 1.82) is 0 Å². The van der Waals surface area contributed by atoms with Crippen molar-refractivity contribution in [2.75, 3.05) is 0 Å². The van der Waals surface area contributed by atoms with Crippen LogP contribution in [0.2, 0.25) is 0 Å². The minimum atomic E-state index is 0.448. The van der Waals surface area contributed by atoms with E-state index in [-0.39, 0.29) is 0 Å². The van der Waals surface area contributed by atoms with E-state index in [1.807, 2.05) is 0 Å². The van der Waals surface area contributed by atoms with Gasteiger partial charge in [-0.3, -0.25) is 0 Å². The van der Waals surface area contributed by atoms with Gasteiger partial charge in [0.2, 0.25) is 0 Å². The highest BCUT2D eigenvalue weighted by Gasteiger charge is 2.35. The van der Waals surface area contributed by atoms with Gasteiger partial charge in [0.15, 0.2) is 0 Å². The second-order valence-corrected chi connectivity index (χ2v) is 8.95. The summed E-state index contributed by atoms with van der Waals surface area (Å²) in [5.74, 6) is 1.61. The predicted octanol–water partition coefficient (Wildman–Crippen LogP) is 5.22. The highest BCUT2D eigenvalue weighted by atomic mass is 79.9. The Kier molecular flexibility index (Phi) is 4.53. The number of hydrogen-bond donors (Lipinski definition) is 0. The van der Waals surface area contributed by atoms with Gasteiger partial charge in [-0.15, -0.1) is 11.3 Å². The van der Waals surface area contributed by atoms with Crippen molar-refractivity contribution in [2.24, 2.45) is 17.3 Å². The van der Waals surface area contributed by atoms with Crippen LogP contribution in [0.1, 0.15) is 50.7 Å². The van der Waals surface area contributed by atoms with E-state index in [0.29, 0.717) is 10.2 Å². The quantitative estimate of drug-likeness (QED) is 0.678. The monoisotopic (exact) mass is 329 g/mol. The molecule has 0 aromatic carbocycles. The smallest absolute Gasteiger partial charge is 0.0897 e. The van der Waals surface area contributed by atoms with Gasteiger partial charge in [-0.25, -0.2) is 4.98 Å². The summed E-state index contributed by atoms with van der Waals surface area (Å²) >= 11 is 5.66. The average Bonchev–Trinajstić information content (AvgIpc) is 2.66. The maximum Gasteiger partial charge on any atom is 0.0897 e. The molecular weight excluding hydrogens is 306 g/mol. The predicted molar refractivity (Wildman–Crippen MR) is 83.6 cm³/mol. The lowest BCUT2D eigenvalue weighted by Gasteiger charge is -2.40. The number of rotatable bonds is 2. The van der Waals surface area contributed by atoms with Crippen LogP contribution >= 0.6 is 27.3 Å². The molecule has 1 heterocycles. The first-order valence-corrected chi connectivity index (χ1v) is 8.71. The van der Waals surface area contributed by atoms with Crippen molar-refractivity contribution in [3.05, 3.63) is 16.1 Å². The second-order valence-electron chi connectivity index (χ2n) is 6.71. The van der Waals surface area contributed by atoms with Crippen LogP contribution in [-0.2, 0) is 6.42 Å². The highest BCUT2D eigenvalue weighted by Crippen LogP contribution is 2.43. The minimum absolute atomic E-state index is 0.448. The molecule has 1 nitrogen and oxygen atoms in total. The van der Waals surface area contributed by atoms with Gasteiger partial charge in [-0.05, 0) is 49.9 Å². The Bertz CT molecular complexity index is 393. The standard InChI is InChI=1S/C15H24BrNS/c1-10-17-13(9-18-10)8-11-7-12(15(2,3)4)5-6-14(11)16/h9,11-12,14H,5-8H2,1-4H3. The second kappa shape index (κ2) is 5.62. The summed E-state index contributed by atoms with van der Waals surface area (Å²) in [6, 6.07) is 0. The van der Waals surface area contributed by atoms with E-state index >= 15 is 0 Å². The van der Waals surface area contributed by atoms with Crippen molar-refractivity contribution in [1.82, 2.24) is 4.98 Å². The molecule has 3 unspecified atom stereocenters. The Labute approximate surface area is 124 Å². The Morgan fingerprint density at radius 3 is 2.67 bits per heavy atom. The lowest BCUT2D eigenvalue weighted by atomic mass is 9.68. The summed E-state index contributed by atoms with van der Waals surface area (Å²) in [4.78, 5) is 5.30. The molecule has 0 aliphatic heterocycles. The maximum atomic E-state index is 4.62. The first-order chi connectivity index (χ1) is 8.36. The molecule has 1 aromatic rings. The van der Waals surface area contributed by atoms with Crippen molar-refractivity contribution in [3.63, 3.8) is 0 Å².